The van der Waals surface area contributed by atoms with Crippen LogP contribution in [0.15, 0.2) is 47.6 Å². The van der Waals surface area contributed by atoms with E-state index >= 15 is 0 Å². The lowest BCUT2D eigenvalue weighted by Crippen LogP contribution is -2.05. The van der Waals surface area contributed by atoms with Crippen LogP contribution in [0, 0.1) is 0 Å². The highest BCUT2D eigenvalue weighted by molar-refractivity contribution is 5.96. The number of carbonyl (C=O) groups is 1. The van der Waals surface area contributed by atoms with Crippen LogP contribution in [-0.2, 0) is 11.3 Å². The average Bonchev–Trinajstić information content (AvgIpc) is 2.70. The van der Waals surface area contributed by atoms with Crippen LogP contribution in [0.5, 0.6) is 0 Å². The van der Waals surface area contributed by atoms with Gasteiger partial charge in [0, 0.05) is 12.1 Å². The molecular weight excluding hydrogens is 330 g/mol. The van der Waals surface area contributed by atoms with Gasteiger partial charge in [0.05, 0.1) is 0 Å². The lowest BCUT2D eigenvalue weighted by molar-refractivity contribution is -0.113. The van der Waals surface area contributed by atoms with Crippen molar-refractivity contribution in [1.82, 2.24) is 0 Å². The van der Waals surface area contributed by atoms with E-state index in [1.54, 1.807) is 6.92 Å². The first-order chi connectivity index (χ1) is 13.0. The molecule has 0 saturated heterocycles. The molecule has 0 aromatic heterocycles. The van der Waals surface area contributed by atoms with Gasteiger partial charge in [-0.25, -0.2) is 0 Å². The Kier molecular flexibility index (Phi) is 14.4. The highest BCUT2D eigenvalue weighted by Gasteiger charge is 2.15. The number of benzene rings is 1. The highest BCUT2D eigenvalue weighted by atomic mass is 16.1. The Hall–Kier alpha value is -1.67. The van der Waals surface area contributed by atoms with Gasteiger partial charge >= 0.3 is 0 Å². The van der Waals surface area contributed by atoms with E-state index in [1.807, 2.05) is 46.8 Å². The lowest BCUT2D eigenvalue weighted by Gasteiger charge is -2.22. The fraction of sp³-hybridized carbons (Fsp3) is 0.560. The summed E-state index contributed by atoms with van der Waals surface area (Å²) in [6, 6.07) is 8.81. The number of carbonyl (C=O) groups excluding carboxylic acids is 1. The van der Waals surface area contributed by atoms with Crippen LogP contribution in [0.4, 0.5) is 0 Å². The molecule has 27 heavy (non-hydrogen) atoms. The van der Waals surface area contributed by atoms with Crippen LogP contribution in [0.25, 0.3) is 0 Å². The average molecular weight is 372 g/mol. The minimum atomic E-state index is 0.146. The van der Waals surface area contributed by atoms with E-state index in [4.69, 9.17) is 5.73 Å². The largest absolute Gasteiger partial charge is 0.326 e. The molecule has 0 unspecified atom stereocenters. The first-order valence-electron chi connectivity index (χ1n) is 10.6. The van der Waals surface area contributed by atoms with Crippen LogP contribution < -0.4 is 5.73 Å². The van der Waals surface area contributed by atoms with Gasteiger partial charge < -0.3 is 5.73 Å². The maximum Gasteiger partial charge on any atom is 0.159 e. The molecular formula is C25H41NO. The summed E-state index contributed by atoms with van der Waals surface area (Å²) in [7, 11) is 0. The minimum Gasteiger partial charge on any atom is -0.326 e. The van der Waals surface area contributed by atoms with Crippen molar-refractivity contribution in [3.8, 4) is 0 Å². The van der Waals surface area contributed by atoms with E-state index in [1.165, 1.54) is 48.8 Å². The molecule has 0 atom stereocenters. The maximum atomic E-state index is 11.0. The smallest absolute Gasteiger partial charge is 0.159 e. The lowest BCUT2D eigenvalue weighted by atomic mass is 9.84. The quantitative estimate of drug-likeness (QED) is 0.443. The third-order valence-corrected chi connectivity index (χ3v) is 4.54. The third kappa shape index (κ3) is 10.9. The number of nitrogens with two attached hydrogens (primary N) is 1. The number of Topliss-reactive ketones (excluding diaryl/α,β-unsaturated/α-hetero) is 1. The fourth-order valence-electron chi connectivity index (χ4n) is 3.25. The molecule has 0 bridgehead atoms. The van der Waals surface area contributed by atoms with E-state index in [-0.39, 0.29) is 5.78 Å². The molecule has 2 N–H and O–H groups in total. The van der Waals surface area contributed by atoms with Crippen LogP contribution in [0.1, 0.15) is 97.1 Å². The van der Waals surface area contributed by atoms with Crippen molar-refractivity contribution < 1.29 is 4.79 Å². The topological polar surface area (TPSA) is 43.1 Å². The zero-order valence-corrected chi connectivity index (χ0v) is 18.5. The maximum absolute atomic E-state index is 11.0. The Labute approximate surface area is 167 Å². The van der Waals surface area contributed by atoms with Crippen LogP contribution in [-0.4, -0.2) is 5.78 Å². The summed E-state index contributed by atoms with van der Waals surface area (Å²) >= 11 is 0. The summed E-state index contributed by atoms with van der Waals surface area (Å²) in [5.41, 5.74) is 10.4. The van der Waals surface area contributed by atoms with E-state index in [0.717, 1.165) is 17.9 Å². The summed E-state index contributed by atoms with van der Waals surface area (Å²) in [4.78, 5) is 11.0. The predicted octanol–water partition coefficient (Wildman–Crippen LogP) is 7.10. The molecule has 0 heterocycles. The van der Waals surface area contributed by atoms with Crippen molar-refractivity contribution >= 4 is 5.78 Å². The highest BCUT2D eigenvalue weighted by Crippen LogP contribution is 2.32. The second-order valence-corrected chi connectivity index (χ2v) is 7.13. The molecule has 2 heteroatoms. The normalized spacial score (nSPS) is 14.3. The molecule has 1 aliphatic carbocycles. The van der Waals surface area contributed by atoms with Gasteiger partial charge in [0.2, 0.25) is 0 Å². The van der Waals surface area contributed by atoms with E-state index in [0.29, 0.717) is 6.54 Å². The molecule has 2 nitrogen and oxygen atoms in total. The van der Waals surface area contributed by atoms with Crippen molar-refractivity contribution in [1.29, 1.82) is 0 Å². The Bertz CT molecular complexity index is 588. The van der Waals surface area contributed by atoms with E-state index in [9.17, 15) is 4.79 Å². The van der Waals surface area contributed by atoms with Crippen molar-refractivity contribution in [2.45, 2.75) is 92.5 Å². The van der Waals surface area contributed by atoms with Gasteiger partial charge in [-0.3, -0.25) is 4.79 Å². The van der Waals surface area contributed by atoms with E-state index in [2.05, 4.69) is 24.3 Å². The molecule has 1 aromatic carbocycles. The Morgan fingerprint density at radius 3 is 2.22 bits per heavy atom. The number of ketones is 1. The first kappa shape index (κ1) is 25.3. The molecule has 0 amide bonds. The predicted molar refractivity (Wildman–Crippen MR) is 120 cm³/mol. The number of hydrogen-bond donors (Lipinski definition) is 1. The number of allylic oxidation sites excluding steroid dienone is 4. The monoisotopic (exact) mass is 371 g/mol. The zero-order valence-electron chi connectivity index (χ0n) is 18.5. The van der Waals surface area contributed by atoms with E-state index < -0.39 is 0 Å². The standard InChI is InChI=1S/C13H19N.C10H16O.C2H6/c14-10-11-5-4-8-13(9-11)12-6-2-1-3-7-12;1-5-6-10(9(4)11)7-8(2)3;1-2/h4-5,8-9,12H,1-3,6-7,10,14H2;6-7H,5H2,1-4H3;1-2H3/b;10-6+;. The summed E-state index contributed by atoms with van der Waals surface area (Å²) in [6.45, 7) is 12.3. The SMILES string of the molecule is CC.CC/C=C(\C=C(C)C)C(C)=O.NCc1cccc(C2CCCCC2)c1. The summed E-state index contributed by atoms with van der Waals surface area (Å²) in [5.74, 6) is 0.947. The van der Waals surface area contributed by atoms with Gasteiger partial charge in [0.15, 0.2) is 5.78 Å². The van der Waals surface area contributed by atoms with Gasteiger partial charge in [-0.05, 0) is 57.1 Å². The van der Waals surface area contributed by atoms with Gasteiger partial charge in [-0.2, -0.15) is 0 Å². The van der Waals surface area contributed by atoms with Gasteiger partial charge in [0.25, 0.3) is 0 Å². The van der Waals surface area contributed by atoms with Gasteiger partial charge in [-0.1, -0.05) is 82.0 Å². The zero-order chi connectivity index (χ0) is 20.7. The molecule has 0 radical (unpaired) electrons. The molecule has 2 rings (SSSR count). The summed E-state index contributed by atoms with van der Waals surface area (Å²) in [6.07, 6.45) is 11.8. The molecule has 152 valence electrons. The molecule has 0 spiro atoms. The van der Waals surface area contributed by atoms with Crippen molar-refractivity contribution in [3.05, 3.63) is 58.7 Å². The van der Waals surface area contributed by atoms with Crippen molar-refractivity contribution in [2.24, 2.45) is 5.73 Å². The van der Waals surface area contributed by atoms with Crippen molar-refractivity contribution in [2.75, 3.05) is 0 Å². The van der Waals surface area contributed by atoms with Gasteiger partial charge in [0.1, 0.15) is 0 Å². The second-order valence-electron chi connectivity index (χ2n) is 7.13. The number of hydrogen-bond acceptors (Lipinski definition) is 2. The molecule has 1 fully saturated rings. The third-order valence-electron chi connectivity index (χ3n) is 4.54. The van der Waals surface area contributed by atoms with Gasteiger partial charge in [-0.15, -0.1) is 0 Å². The fourth-order valence-corrected chi connectivity index (χ4v) is 3.25. The second kappa shape index (κ2) is 15.4. The minimum absolute atomic E-state index is 0.146. The summed E-state index contributed by atoms with van der Waals surface area (Å²) < 4.78 is 0. The molecule has 1 aromatic rings. The summed E-state index contributed by atoms with van der Waals surface area (Å²) in [5, 5.41) is 0. The number of rotatable bonds is 5. The molecule has 1 aliphatic rings. The Morgan fingerprint density at radius 1 is 1.11 bits per heavy atom. The first-order valence-corrected chi connectivity index (χ1v) is 10.6. The molecule has 0 aliphatic heterocycles. The Morgan fingerprint density at radius 2 is 1.74 bits per heavy atom. The Balaban J connectivity index is 0.000000473. The van der Waals surface area contributed by atoms with Crippen LogP contribution in [0.3, 0.4) is 0 Å². The van der Waals surface area contributed by atoms with Crippen molar-refractivity contribution in [3.63, 3.8) is 0 Å². The molecule has 1 saturated carbocycles. The van der Waals surface area contributed by atoms with Crippen LogP contribution >= 0.6 is 0 Å². The van der Waals surface area contributed by atoms with Crippen LogP contribution in [0.2, 0.25) is 0 Å².